The number of carbonyl (C=O) groups is 7. The Morgan fingerprint density at radius 2 is 0.743 bits per heavy atom. The number of amides is 6. The normalized spacial score (nSPS) is 18.0. The SMILES string of the molecule is CC(C)(C)[C@H](N)C(=O)N1CCC(Oc2ccc(CO)cc2)CC1.CN(C=O)C[C@@H](CC1CCCC1)C(=O)N[C@H](C(=O)N1CCC(Oc2ccc(CO)cc2)CC1)C(C)(C)C.CN[C@H](C(=O)N1CCC(Oc2ccc(C(=O)O)cc2)CC1)C(C)(C)C.CN[C@H](C(=O)N1CCC(Oc2ccc(CO)cc2)CC1)C(C)(C)C. The van der Waals surface area contributed by atoms with E-state index in [2.05, 4.69) is 57.5 Å². The molecule has 4 saturated heterocycles. The number of carbonyl (C=O) groups excluding carboxylic acids is 6. The van der Waals surface area contributed by atoms with Crippen molar-refractivity contribution < 1.29 is 72.9 Å². The Hall–Kier alpha value is -7.87. The fraction of sp³-hybridized carbons (Fsp3) is 0.635. The maximum Gasteiger partial charge on any atom is 0.335 e. The van der Waals surface area contributed by atoms with Crippen molar-refractivity contribution in [3.8, 4) is 23.0 Å². The quantitative estimate of drug-likeness (QED) is 0.0286. The lowest BCUT2D eigenvalue weighted by molar-refractivity contribution is -0.142. The molecular formula is C85H131N9O15. The van der Waals surface area contributed by atoms with Gasteiger partial charge < -0.3 is 85.6 Å². The zero-order chi connectivity index (χ0) is 80.4. The number of hydrogen-bond donors (Lipinski definition) is 8. The summed E-state index contributed by atoms with van der Waals surface area (Å²) in [6.45, 7) is 30.1. The first-order valence-electron chi connectivity index (χ1n) is 39.3. The van der Waals surface area contributed by atoms with Crippen LogP contribution in [0.1, 0.15) is 194 Å². The van der Waals surface area contributed by atoms with E-state index in [0.29, 0.717) is 70.3 Å². The summed E-state index contributed by atoms with van der Waals surface area (Å²) in [5.41, 5.74) is 7.98. The first-order valence-corrected chi connectivity index (χ1v) is 39.3. The highest BCUT2D eigenvalue weighted by Crippen LogP contribution is 2.34. The first-order chi connectivity index (χ1) is 51.5. The Kier molecular flexibility index (Phi) is 35.1. The van der Waals surface area contributed by atoms with E-state index in [-0.39, 0.29) is 114 Å². The van der Waals surface area contributed by atoms with Crippen molar-refractivity contribution in [3.05, 3.63) is 119 Å². The summed E-state index contributed by atoms with van der Waals surface area (Å²) in [7, 11) is 5.37. The van der Waals surface area contributed by atoms with E-state index in [4.69, 9.17) is 40.0 Å². The number of hydrogen-bond acceptors (Lipinski definition) is 17. The number of aliphatic hydroxyl groups is 3. The third-order valence-corrected chi connectivity index (χ3v) is 21.2. The summed E-state index contributed by atoms with van der Waals surface area (Å²) in [4.78, 5) is 96.2. The van der Waals surface area contributed by atoms with Gasteiger partial charge in [0, 0.05) is 117 Å². The van der Waals surface area contributed by atoms with E-state index >= 15 is 0 Å². The Balaban J connectivity index is 0.000000232. The number of likely N-dealkylation sites (tertiary alicyclic amines) is 4. The molecule has 0 bridgehead atoms. The molecule has 0 spiro atoms. The van der Waals surface area contributed by atoms with Crippen molar-refractivity contribution in [2.75, 3.05) is 80.0 Å². The van der Waals surface area contributed by atoms with Crippen molar-refractivity contribution >= 4 is 41.9 Å². The highest BCUT2D eigenvalue weighted by molar-refractivity contribution is 5.90. The fourth-order valence-electron chi connectivity index (χ4n) is 14.4. The van der Waals surface area contributed by atoms with Crippen molar-refractivity contribution in [1.29, 1.82) is 0 Å². The number of benzene rings is 4. The van der Waals surface area contributed by atoms with Gasteiger partial charge >= 0.3 is 5.97 Å². The van der Waals surface area contributed by atoms with Crippen LogP contribution in [0.2, 0.25) is 0 Å². The van der Waals surface area contributed by atoms with Gasteiger partial charge in [0.25, 0.3) is 0 Å². The van der Waals surface area contributed by atoms with Crippen LogP contribution < -0.4 is 40.6 Å². The lowest BCUT2D eigenvalue weighted by atomic mass is 9.84. The molecule has 109 heavy (non-hydrogen) atoms. The van der Waals surface area contributed by atoms with Gasteiger partial charge in [0.2, 0.25) is 35.9 Å². The van der Waals surface area contributed by atoms with E-state index in [1.807, 2.05) is 148 Å². The van der Waals surface area contributed by atoms with Crippen LogP contribution >= 0.6 is 0 Å². The molecule has 6 amide bonds. The van der Waals surface area contributed by atoms with Crippen LogP contribution in [0.25, 0.3) is 0 Å². The number of aliphatic hydroxyl groups excluding tert-OH is 3. The number of ether oxygens (including phenoxy) is 4. The molecule has 4 aliphatic heterocycles. The van der Waals surface area contributed by atoms with Gasteiger partial charge in [0.05, 0.1) is 49.4 Å². The number of carboxylic acid groups (broad SMARTS) is 1. The van der Waals surface area contributed by atoms with Crippen LogP contribution in [0.3, 0.4) is 0 Å². The Bertz CT molecular complexity index is 3420. The van der Waals surface area contributed by atoms with Crippen LogP contribution in [-0.2, 0) is 48.6 Å². The van der Waals surface area contributed by atoms with Gasteiger partial charge in [-0.1, -0.05) is 145 Å². The molecular weight excluding hydrogens is 1390 g/mol. The molecule has 0 aromatic heterocycles. The standard InChI is InChI=1S/C29H45N3O5.C19H28N2O4.C19H30N2O3.C18H28N2O3/c1-29(2,3)26(30-27(35)23(18-31(4)20-34)17-21-7-5-6-8-21)28(36)32-15-13-25(14-16-32)37-24-11-9-22(19-33)10-12-24;1-19(2,3)16(20-4)17(22)21-11-9-15(10-12-21)25-14-7-5-13(6-8-14)18(23)24;1-19(2,3)17(20-4)18(23)21-11-9-16(10-12-21)24-15-7-5-14(13-22)6-8-15;1-18(2,3)16(19)17(22)20-10-8-15(9-11-20)23-14-6-4-13(12-21)5-7-14/h9-12,20-21,23,25-26,33H,5-8,13-19H2,1-4H3,(H,30,35);5-8,15-16,20H,9-12H2,1-4H3,(H,23,24);5-8,16-17,20,22H,9-13H2,1-4H3;4-7,15-16,21H,8-12,19H2,1-3H3/t23-,26-;16-;17-;16-/m1111/s1. The summed E-state index contributed by atoms with van der Waals surface area (Å²) < 4.78 is 24.0. The van der Waals surface area contributed by atoms with Gasteiger partial charge in [-0.15, -0.1) is 0 Å². The molecule has 1 saturated carbocycles. The minimum Gasteiger partial charge on any atom is -0.490 e. The predicted molar refractivity (Wildman–Crippen MR) is 424 cm³/mol. The number of aromatic carboxylic acids is 1. The van der Waals surface area contributed by atoms with E-state index in [1.165, 1.54) is 29.9 Å². The van der Waals surface area contributed by atoms with Crippen LogP contribution in [0.5, 0.6) is 23.0 Å². The Labute approximate surface area is 648 Å². The molecule has 9 rings (SSSR count). The number of nitrogens with two attached hydrogens (primary N) is 1. The second-order valence-corrected chi connectivity index (χ2v) is 34.3. The van der Waals surface area contributed by atoms with Crippen molar-refractivity contribution in [1.82, 2.24) is 40.4 Å². The number of nitrogens with one attached hydrogen (secondary N) is 3. The molecule has 0 radical (unpaired) electrons. The molecule has 24 nitrogen and oxygen atoms in total. The molecule has 9 N–H and O–H groups in total. The number of piperidine rings is 4. The number of likely N-dealkylation sites (N-methyl/N-ethyl adjacent to an activating group) is 2. The van der Waals surface area contributed by atoms with E-state index in [0.717, 1.165) is 111 Å². The third-order valence-electron chi connectivity index (χ3n) is 21.2. The number of carboxylic acids is 1. The first kappa shape index (κ1) is 90.0. The minimum absolute atomic E-state index is 0.00137. The van der Waals surface area contributed by atoms with Gasteiger partial charge in [0.15, 0.2) is 0 Å². The average Bonchev–Trinajstić information content (AvgIpc) is 1.12. The summed E-state index contributed by atoms with van der Waals surface area (Å²) in [5.74, 6) is 2.42. The van der Waals surface area contributed by atoms with Crippen LogP contribution in [0.4, 0.5) is 0 Å². The Morgan fingerprint density at radius 1 is 0.459 bits per heavy atom. The Morgan fingerprint density at radius 3 is 1.00 bits per heavy atom. The minimum atomic E-state index is -0.948. The highest BCUT2D eigenvalue weighted by atomic mass is 16.5. The second kappa shape index (κ2) is 42.5. The second-order valence-electron chi connectivity index (χ2n) is 34.3. The van der Waals surface area contributed by atoms with Crippen molar-refractivity contribution in [2.24, 2.45) is 39.2 Å². The van der Waals surface area contributed by atoms with E-state index in [9.17, 15) is 38.7 Å². The highest BCUT2D eigenvalue weighted by Gasteiger charge is 2.41. The van der Waals surface area contributed by atoms with Crippen LogP contribution in [0.15, 0.2) is 97.1 Å². The topological polar surface area (TPSA) is 316 Å². The lowest BCUT2D eigenvalue weighted by Gasteiger charge is -2.39. The number of nitrogens with zero attached hydrogens (tertiary/aromatic N) is 5. The zero-order valence-corrected chi connectivity index (χ0v) is 67.9. The molecule has 24 heteroatoms. The van der Waals surface area contributed by atoms with Crippen molar-refractivity contribution in [3.63, 3.8) is 0 Å². The largest absolute Gasteiger partial charge is 0.490 e. The smallest absolute Gasteiger partial charge is 0.335 e. The van der Waals surface area contributed by atoms with Crippen molar-refractivity contribution in [2.45, 2.75) is 235 Å². The maximum atomic E-state index is 13.6. The maximum absolute atomic E-state index is 13.6. The number of rotatable bonds is 25. The molecule has 5 aliphatic rings. The average molecular weight is 1520 g/mol. The van der Waals surface area contributed by atoms with Crippen LogP contribution in [0, 0.1) is 33.5 Å². The van der Waals surface area contributed by atoms with Gasteiger partial charge in [0.1, 0.15) is 53.5 Å². The summed E-state index contributed by atoms with van der Waals surface area (Å²) in [6, 6.07) is 27.3. The molecule has 0 unspecified atom stereocenters. The summed E-state index contributed by atoms with van der Waals surface area (Å²) >= 11 is 0. The van der Waals surface area contributed by atoms with E-state index < -0.39 is 23.5 Å². The zero-order valence-electron chi connectivity index (χ0n) is 67.9. The van der Waals surface area contributed by atoms with Crippen LogP contribution in [-0.4, -0.2) is 215 Å². The van der Waals surface area contributed by atoms with Gasteiger partial charge in [-0.25, -0.2) is 4.79 Å². The molecule has 4 heterocycles. The molecule has 5 fully saturated rings. The summed E-state index contributed by atoms with van der Waals surface area (Å²) in [5, 5.41) is 45.6. The predicted octanol–water partition coefficient (Wildman–Crippen LogP) is 9.86. The summed E-state index contributed by atoms with van der Waals surface area (Å²) in [6.07, 6.45) is 12.7. The van der Waals surface area contributed by atoms with Gasteiger partial charge in [-0.05, 0) is 125 Å². The fourth-order valence-corrected chi connectivity index (χ4v) is 14.4. The molecule has 4 aromatic carbocycles. The van der Waals surface area contributed by atoms with Gasteiger partial charge in [-0.2, -0.15) is 0 Å². The third kappa shape index (κ3) is 28.8. The monoisotopic (exact) mass is 1520 g/mol. The molecule has 4 aromatic rings. The van der Waals surface area contributed by atoms with E-state index in [1.54, 1.807) is 19.2 Å². The lowest BCUT2D eigenvalue weighted by Crippen LogP contribution is -2.58. The molecule has 606 valence electrons. The molecule has 5 atom stereocenters. The van der Waals surface area contributed by atoms with Gasteiger partial charge in [-0.3, -0.25) is 28.8 Å². The molecule has 1 aliphatic carbocycles.